The molecule has 6 nitrogen and oxygen atoms in total. The summed E-state index contributed by atoms with van der Waals surface area (Å²) < 4.78 is 10.9. The summed E-state index contributed by atoms with van der Waals surface area (Å²) in [7, 11) is 1.63. The smallest absolute Gasteiger partial charge is 0.253 e. The van der Waals surface area contributed by atoms with E-state index in [9.17, 15) is 4.79 Å². The number of aromatic nitrogens is 1. The van der Waals surface area contributed by atoms with Gasteiger partial charge in [-0.1, -0.05) is 12.1 Å². The number of hydrogen-bond acceptors (Lipinski definition) is 5. The number of amides is 1. The summed E-state index contributed by atoms with van der Waals surface area (Å²) in [6.07, 6.45) is 4.84. The molecule has 0 radical (unpaired) electrons. The number of piperidine rings is 1. The van der Waals surface area contributed by atoms with Gasteiger partial charge in [0.15, 0.2) is 0 Å². The molecule has 1 aromatic carbocycles. The second-order valence-electron chi connectivity index (χ2n) is 6.75. The molecule has 27 heavy (non-hydrogen) atoms. The summed E-state index contributed by atoms with van der Waals surface area (Å²) >= 11 is 0. The van der Waals surface area contributed by atoms with Gasteiger partial charge >= 0.3 is 0 Å². The topological polar surface area (TPSA) is 63.7 Å². The van der Waals surface area contributed by atoms with E-state index in [1.807, 2.05) is 36.4 Å². The summed E-state index contributed by atoms with van der Waals surface area (Å²) in [4.78, 5) is 19.1. The van der Waals surface area contributed by atoms with Gasteiger partial charge in [-0.25, -0.2) is 4.98 Å². The molecule has 1 aromatic heterocycles. The third-order valence-corrected chi connectivity index (χ3v) is 4.70. The predicted octanol–water partition coefficient (Wildman–Crippen LogP) is 3.62. The Morgan fingerprint density at radius 1 is 1.22 bits per heavy atom. The number of benzene rings is 1. The Morgan fingerprint density at radius 2 is 2.04 bits per heavy atom. The van der Waals surface area contributed by atoms with Gasteiger partial charge in [0.2, 0.25) is 0 Å². The molecule has 0 unspecified atom stereocenters. The highest BCUT2D eigenvalue weighted by Gasteiger charge is 2.15. The Kier molecular flexibility index (Phi) is 6.65. The van der Waals surface area contributed by atoms with Crippen molar-refractivity contribution in [1.82, 2.24) is 4.98 Å². The van der Waals surface area contributed by atoms with E-state index in [0.29, 0.717) is 12.3 Å². The van der Waals surface area contributed by atoms with Crippen molar-refractivity contribution in [3.8, 4) is 5.75 Å². The lowest BCUT2D eigenvalue weighted by atomic mass is 10.1. The largest absolute Gasteiger partial charge is 0.497 e. The van der Waals surface area contributed by atoms with Crippen LogP contribution in [-0.4, -0.2) is 37.2 Å². The first-order valence-electron chi connectivity index (χ1n) is 9.42. The SMILES string of the molecule is COc1cccc(CO[C@@H](C)C(=O)Nc2ccc(N3CCCCC3)nc2)c1. The molecule has 0 aliphatic carbocycles. The summed E-state index contributed by atoms with van der Waals surface area (Å²) in [6.45, 7) is 4.19. The molecule has 0 spiro atoms. The zero-order valence-corrected chi connectivity index (χ0v) is 16.0. The molecular formula is C21H27N3O3. The fraction of sp³-hybridized carbons (Fsp3) is 0.429. The summed E-state index contributed by atoms with van der Waals surface area (Å²) in [5.41, 5.74) is 1.64. The second kappa shape index (κ2) is 9.37. The normalized spacial score (nSPS) is 15.3. The van der Waals surface area contributed by atoms with Gasteiger partial charge in [0, 0.05) is 13.1 Å². The lowest BCUT2D eigenvalue weighted by Crippen LogP contribution is -2.30. The number of pyridine rings is 1. The van der Waals surface area contributed by atoms with Crippen LogP contribution in [0.1, 0.15) is 31.7 Å². The Morgan fingerprint density at radius 3 is 2.74 bits per heavy atom. The maximum atomic E-state index is 12.3. The quantitative estimate of drug-likeness (QED) is 0.807. The number of ether oxygens (including phenoxy) is 2. The highest BCUT2D eigenvalue weighted by molar-refractivity contribution is 5.93. The first-order valence-corrected chi connectivity index (χ1v) is 9.42. The molecule has 1 aliphatic heterocycles. The molecule has 6 heteroatoms. The zero-order valence-electron chi connectivity index (χ0n) is 16.0. The molecule has 2 heterocycles. The van der Waals surface area contributed by atoms with Crippen LogP contribution in [0.15, 0.2) is 42.6 Å². The van der Waals surface area contributed by atoms with E-state index in [4.69, 9.17) is 9.47 Å². The van der Waals surface area contributed by atoms with E-state index in [-0.39, 0.29) is 5.91 Å². The van der Waals surface area contributed by atoms with Crippen LogP contribution in [0.4, 0.5) is 11.5 Å². The van der Waals surface area contributed by atoms with Crippen molar-refractivity contribution in [3.63, 3.8) is 0 Å². The van der Waals surface area contributed by atoms with Gasteiger partial charge in [0.05, 0.1) is 25.6 Å². The van der Waals surface area contributed by atoms with Crippen molar-refractivity contribution in [3.05, 3.63) is 48.2 Å². The minimum absolute atomic E-state index is 0.189. The minimum atomic E-state index is -0.571. The molecule has 1 fully saturated rings. The summed E-state index contributed by atoms with van der Waals surface area (Å²) in [6, 6.07) is 11.5. The Balaban J connectivity index is 1.50. The average Bonchev–Trinajstić information content (AvgIpc) is 2.73. The Labute approximate surface area is 160 Å². The van der Waals surface area contributed by atoms with Gasteiger partial charge in [-0.15, -0.1) is 0 Å². The molecule has 144 valence electrons. The number of rotatable bonds is 7. The number of nitrogens with zero attached hydrogens (tertiary/aromatic N) is 2. The van der Waals surface area contributed by atoms with Crippen molar-refractivity contribution in [2.24, 2.45) is 0 Å². The van der Waals surface area contributed by atoms with Crippen molar-refractivity contribution >= 4 is 17.4 Å². The molecule has 1 aliphatic rings. The van der Waals surface area contributed by atoms with E-state index < -0.39 is 6.10 Å². The van der Waals surface area contributed by atoms with Crippen LogP contribution in [0.25, 0.3) is 0 Å². The number of carbonyl (C=O) groups is 1. The second-order valence-corrected chi connectivity index (χ2v) is 6.75. The first-order chi connectivity index (χ1) is 13.2. The fourth-order valence-corrected chi connectivity index (χ4v) is 3.07. The molecule has 3 rings (SSSR count). The standard InChI is InChI=1S/C21H27N3O3/c1-16(27-15-17-7-6-8-19(13-17)26-2)21(25)23-18-9-10-20(22-14-18)24-11-4-3-5-12-24/h6-10,13-14,16H,3-5,11-12,15H2,1-2H3,(H,23,25)/t16-/m0/s1. The molecule has 1 saturated heterocycles. The minimum Gasteiger partial charge on any atom is -0.497 e. The van der Waals surface area contributed by atoms with Crippen molar-refractivity contribution < 1.29 is 14.3 Å². The molecule has 0 bridgehead atoms. The number of methoxy groups -OCH3 is 1. The number of hydrogen-bond donors (Lipinski definition) is 1. The fourth-order valence-electron chi connectivity index (χ4n) is 3.07. The number of carbonyl (C=O) groups excluding carboxylic acids is 1. The van der Waals surface area contributed by atoms with E-state index in [0.717, 1.165) is 30.2 Å². The zero-order chi connectivity index (χ0) is 19.1. The van der Waals surface area contributed by atoms with Crippen LogP contribution < -0.4 is 15.0 Å². The van der Waals surface area contributed by atoms with Gasteiger partial charge < -0.3 is 19.7 Å². The average molecular weight is 369 g/mol. The molecule has 1 N–H and O–H groups in total. The van der Waals surface area contributed by atoms with Crippen LogP contribution >= 0.6 is 0 Å². The first kappa shape index (κ1) is 19.2. The van der Waals surface area contributed by atoms with Crippen LogP contribution in [0, 0.1) is 0 Å². The van der Waals surface area contributed by atoms with E-state index in [1.54, 1.807) is 20.2 Å². The van der Waals surface area contributed by atoms with Crippen molar-refractivity contribution in [2.45, 2.75) is 38.9 Å². The highest BCUT2D eigenvalue weighted by atomic mass is 16.5. The van der Waals surface area contributed by atoms with Gasteiger partial charge in [-0.3, -0.25) is 4.79 Å². The van der Waals surface area contributed by atoms with Crippen molar-refractivity contribution in [1.29, 1.82) is 0 Å². The maximum Gasteiger partial charge on any atom is 0.253 e. The summed E-state index contributed by atoms with van der Waals surface area (Å²) in [5.74, 6) is 1.55. The van der Waals surface area contributed by atoms with Gasteiger partial charge in [-0.05, 0) is 56.0 Å². The van der Waals surface area contributed by atoms with E-state index >= 15 is 0 Å². The van der Waals surface area contributed by atoms with Crippen molar-refractivity contribution in [2.75, 3.05) is 30.4 Å². The molecule has 2 aromatic rings. The Hall–Kier alpha value is -2.60. The van der Waals surface area contributed by atoms with Gasteiger partial charge in [-0.2, -0.15) is 0 Å². The maximum absolute atomic E-state index is 12.3. The lowest BCUT2D eigenvalue weighted by Gasteiger charge is -2.27. The third-order valence-electron chi connectivity index (χ3n) is 4.70. The van der Waals surface area contributed by atoms with Crippen LogP contribution in [0.2, 0.25) is 0 Å². The summed E-state index contributed by atoms with van der Waals surface area (Å²) in [5, 5.41) is 2.86. The monoisotopic (exact) mass is 369 g/mol. The third kappa shape index (κ3) is 5.44. The molecule has 1 amide bonds. The van der Waals surface area contributed by atoms with Gasteiger partial charge in [0.1, 0.15) is 17.7 Å². The molecule has 0 saturated carbocycles. The predicted molar refractivity (Wildman–Crippen MR) is 106 cm³/mol. The lowest BCUT2D eigenvalue weighted by molar-refractivity contribution is -0.127. The molecule has 1 atom stereocenters. The van der Waals surface area contributed by atoms with Crippen LogP contribution in [-0.2, 0) is 16.1 Å². The Bertz CT molecular complexity index is 743. The van der Waals surface area contributed by atoms with Crippen LogP contribution in [0.5, 0.6) is 5.75 Å². The van der Waals surface area contributed by atoms with Crippen LogP contribution in [0.3, 0.4) is 0 Å². The number of anilines is 2. The highest BCUT2D eigenvalue weighted by Crippen LogP contribution is 2.19. The number of nitrogens with one attached hydrogen (secondary N) is 1. The molecular weight excluding hydrogens is 342 g/mol. The van der Waals surface area contributed by atoms with E-state index in [1.165, 1.54) is 19.3 Å². The van der Waals surface area contributed by atoms with E-state index in [2.05, 4.69) is 15.2 Å². The van der Waals surface area contributed by atoms with Gasteiger partial charge in [0.25, 0.3) is 5.91 Å².